The van der Waals surface area contributed by atoms with Gasteiger partial charge >= 0.3 is 12.6 Å². The second kappa shape index (κ2) is 8.95. The Balaban J connectivity index is 1.45. The Bertz CT molecular complexity index is 1050. The Morgan fingerprint density at radius 2 is 1.60 bits per heavy atom. The summed E-state index contributed by atoms with van der Waals surface area (Å²) in [5.41, 5.74) is 5.85. The van der Waals surface area contributed by atoms with Crippen molar-refractivity contribution in [3.8, 4) is 16.9 Å². The third-order valence-corrected chi connectivity index (χ3v) is 4.96. The van der Waals surface area contributed by atoms with Crippen LogP contribution in [0.5, 0.6) is 5.75 Å². The molecule has 4 rings (SSSR count). The van der Waals surface area contributed by atoms with Gasteiger partial charge in [0.15, 0.2) is 0 Å². The number of amides is 2. The van der Waals surface area contributed by atoms with Crippen molar-refractivity contribution >= 4 is 17.4 Å². The smallest absolute Gasteiger partial charge is 0.387 e. The van der Waals surface area contributed by atoms with Crippen molar-refractivity contribution in [1.29, 1.82) is 0 Å². The molecule has 0 unspecified atom stereocenters. The maximum Gasteiger partial charge on any atom is 0.387 e. The van der Waals surface area contributed by atoms with E-state index in [9.17, 15) is 13.6 Å². The van der Waals surface area contributed by atoms with Crippen molar-refractivity contribution in [2.75, 3.05) is 10.6 Å². The Morgan fingerprint density at radius 3 is 2.40 bits per heavy atom. The second-order valence-corrected chi connectivity index (χ2v) is 7.08. The van der Waals surface area contributed by atoms with Gasteiger partial charge in [0.25, 0.3) is 0 Å². The van der Waals surface area contributed by atoms with E-state index in [4.69, 9.17) is 0 Å². The standard InChI is InChI=1S/C24H21F2N2O2/c25-23(26)30-22-10-4-9-21(15-22)28-24(29)27-20-8-3-7-18(14-20)19-12-11-16-5-1-2-6-17(16)13-19/h1,3-4,7-15,23H,2,5-6H2,(H2,27,28,29). The average Bonchev–Trinajstić information content (AvgIpc) is 2.73. The molecule has 0 bridgehead atoms. The highest BCUT2D eigenvalue weighted by Crippen LogP contribution is 2.28. The predicted molar refractivity (Wildman–Crippen MR) is 114 cm³/mol. The molecular formula is C24H21F2N2O2. The van der Waals surface area contributed by atoms with Crippen LogP contribution in [0.15, 0.2) is 66.7 Å². The Kier molecular flexibility index (Phi) is 5.93. The quantitative estimate of drug-likeness (QED) is 0.522. The predicted octanol–water partition coefficient (Wildman–Crippen LogP) is 6.29. The molecule has 0 spiro atoms. The number of urea groups is 1. The summed E-state index contributed by atoms with van der Waals surface area (Å²) in [6.45, 7) is -2.92. The highest BCUT2D eigenvalue weighted by Gasteiger charge is 2.11. The Hall–Kier alpha value is -3.41. The van der Waals surface area contributed by atoms with Crippen molar-refractivity contribution in [3.05, 3.63) is 84.3 Å². The molecule has 3 aromatic carbocycles. The zero-order chi connectivity index (χ0) is 20.9. The molecule has 0 fully saturated rings. The van der Waals surface area contributed by atoms with Crippen molar-refractivity contribution in [3.63, 3.8) is 0 Å². The number of fused-ring (bicyclic) bond motifs is 1. The molecule has 153 valence electrons. The number of rotatable bonds is 5. The Morgan fingerprint density at radius 1 is 0.867 bits per heavy atom. The van der Waals surface area contributed by atoms with Crippen LogP contribution in [-0.2, 0) is 12.8 Å². The van der Waals surface area contributed by atoms with Gasteiger partial charge in [-0.2, -0.15) is 8.78 Å². The van der Waals surface area contributed by atoms with Crippen LogP contribution in [0.2, 0.25) is 0 Å². The fraction of sp³-hybridized carbons (Fsp3) is 0.167. The van der Waals surface area contributed by atoms with Crippen molar-refractivity contribution in [2.24, 2.45) is 0 Å². The second-order valence-electron chi connectivity index (χ2n) is 7.08. The van der Waals surface area contributed by atoms with Gasteiger partial charge in [-0.3, -0.25) is 0 Å². The number of hydrogen-bond acceptors (Lipinski definition) is 2. The summed E-state index contributed by atoms with van der Waals surface area (Å²) in [5.74, 6) is -0.0187. The van der Waals surface area contributed by atoms with Gasteiger partial charge in [-0.05, 0) is 72.2 Å². The molecule has 1 radical (unpaired) electrons. The maximum atomic E-state index is 12.3. The van der Waals surface area contributed by atoms with E-state index in [0.29, 0.717) is 11.4 Å². The summed E-state index contributed by atoms with van der Waals surface area (Å²) in [4.78, 5) is 12.3. The summed E-state index contributed by atoms with van der Waals surface area (Å²) >= 11 is 0. The van der Waals surface area contributed by atoms with E-state index in [0.717, 1.165) is 30.4 Å². The summed E-state index contributed by atoms with van der Waals surface area (Å²) < 4.78 is 29.1. The fourth-order valence-corrected chi connectivity index (χ4v) is 3.57. The van der Waals surface area contributed by atoms with Gasteiger partial charge < -0.3 is 15.4 Å². The molecule has 4 nitrogen and oxygen atoms in total. The Labute approximate surface area is 173 Å². The minimum atomic E-state index is -2.92. The number of carbonyl (C=O) groups is 1. The van der Waals surface area contributed by atoms with Gasteiger partial charge in [-0.15, -0.1) is 0 Å². The van der Waals surface area contributed by atoms with E-state index in [2.05, 4.69) is 40.0 Å². The zero-order valence-electron chi connectivity index (χ0n) is 16.2. The molecule has 0 heterocycles. The number of ether oxygens (including phenoxy) is 1. The molecule has 0 atom stereocenters. The van der Waals surface area contributed by atoms with E-state index < -0.39 is 12.6 Å². The highest BCUT2D eigenvalue weighted by atomic mass is 19.3. The molecule has 30 heavy (non-hydrogen) atoms. The molecule has 2 N–H and O–H groups in total. The highest BCUT2D eigenvalue weighted by molar-refractivity contribution is 6.00. The van der Waals surface area contributed by atoms with Crippen molar-refractivity contribution in [1.82, 2.24) is 0 Å². The van der Waals surface area contributed by atoms with Crippen LogP contribution in [0.25, 0.3) is 11.1 Å². The SMILES string of the molecule is O=C(Nc1cccc(OC(F)F)c1)Nc1cccc(-c2ccc3c(c2)CC[CH]C3)c1. The average molecular weight is 407 g/mol. The number of aryl methyl sites for hydroxylation is 1. The lowest BCUT2D eigenvalue weighted by molar-refractivity contribution is -0.0497. The lowest BCUT2D eigenvalue weighted by Gasteiger charge is -2.17. The summed E-state index contributed by atoms with van der Waals surface area (Å²) in [5, 5.41) is 5.40. The van der Waals surface area contributed by atoms with Crippen molar-refractivity contribution in [2.45, 2.75) is 25.9 Å². The van der Waals surface area contributed by atoms with Crippen LogP contribution in [-0.4, -0.2) is 12.6 Å². The van der Waals surface area contributed by atoms with E-state index in [1.165, 1.54) is 29.3 Å². The summed E-state index contributed by atoms with van der Waals surface area (Å²) in [6.07, 6.45) is 5.47. The molecule has 0 aliphatic heterocycles. The van der Waals surface area contributed by atoms with Gasteiger partial charge in [0.1, 0.15) is 5.75 Å². The number of hydrogen-bond donors (Lipinski definition) is 2. The number of carbonyl (C=O) groups excluding carboxylic acids is 1. The first kappa shape index (κ1) is 19.9. The molecule has 1 aliphatic carbocycles. The first-order valence-corrected chi connectivity index (χ1v) is 9.73. The van der Waals surface area contributed by atoms with Crippen LogP contribution in [0.3, 0.4) is 0 Å². The first-order chi connectivity index (χ1) is 14.6. The lowest BCUT2D eigenvalue weighted by Crippen LogP contribution is -2.19. The number of anilines is 2. The van der Waals surface area contributed by atoms with E-state index in [1.54, 1.807) is 12.1 Å². The van der Waals surface area contributed by atoms with Crippen LogP contribution in [0, 0.1) is 6.42 Å². The van der Waals surface area contributed by atoms with E-state index in [1.807, 2.05) is 18.2 Å². The third-order valence-electron chi connectivity index (χ3n) is 4.96. The van der Waals surface area contributed by atoms with Crippen LogP contribution in [0.4, 0.5) is 25.0 Å². The first-order valence-electron chi connectivity index (χ1n) is 9.73. The molecule has 3 aromatic rings. The number of nitrogens with one attached hydrogen (secondary N) is 2. The number of halogens is 2. The van der Waals surface area contributed by atoms with Crippen LogP contribution < -0.4 is 15.4 Å². The van der Waals surface area contributed by atoms with E-state index >= 15 is 0 Å². The van der Waals surface area contributed by atoms with Gasteiger partial charge in [0, 0.05) is 17.4 Å². The monoisotopic (exact) mass is 407 g/mol. The zero-order valence-corrected chi connectivity index (χ0v) is 16.2. The topological polar surface area (TPSA) is 50.4 Å². The fourth-order valence-electron chi connectivity index (χ4n) is 3.57. The molecule has 2 amide bonds. The van der Waals surface area contributed by atoms with Crippen LogP contribution >= 0.6 is 0 Å². The molecule has 1 aliphatic rings. The van der Waals surface area contributed by atoms with Gasteiger partial charge in [0.05, 0.1) is 0 Å². The normalized spacial score (nSPS) is 12.9. The van der Waals surface area contributed by atoms with Crippen LogP contribution in [0.1, 0.15) is 17.5 Å². The van der Waals surface area contributed by atoms with Gasteiger partial charge in [-0.25, -0.2) is 4.79 Å². The van der Waals surface area contributed by atoms with Crippen molar-refractivity contribution < 1.29 is 18.3 Å². The van der Waals surface area contributed by atoms with Gasteiger partial charge in [0.2, 0.25) is 0 Å². The molecule has 0 saturated heterocycles. The molecule has 6 heteroatoms. The third kappa shape index (κ3) is 4.95. The minimum Gasteiger partial charge on any atom is -0.435 e. The molecular weight excluding hydrogens is 386 g/mol. The summed E-state index contributed by atoms with van der Waals surface area (Å²) in [7, 11) is 0. The minimum absolute atomic E-state index is 0.0187. The molecule has 0 saturated carbocycles. The number of alkyl halides is 2. The largest absolute Gasteiger partial charge is 0.435 e. The maximum absolute atomic E-state index is 12.3. The van der Waals surface area contributed by atoms with E-state index in [-0.39, 0.29) is 5.75 Å². The van der Waals surface area contributed by atoms with Gasteiger partial charge in [-0.1, -0.05) is 36.4 Å². The lowest BCUT2D eigenvalue weighted by atomic mass is 9.89. The number of benzene rings is 3. The molecule has 0 aromatic heterocycles. The summed E-state index contributed by atoms with van der Waals surface area (Å²) in [6, 6.07) is 19.5.